The maximum atomic E-state index is 5.22. The van der Waals surface area contributed by atoms with Crippen LogP contribution in [0.2, 0.25) is 0 Å². The second-order valence-corrected chi connectivity index (χ2v) is 4.96. The molecule has 0 radical (unpaired) electrons. The van der Waals surface area contributed by atoms with Gasteiger partial charge in [0.2, 0.25) is 0 Å². The van der Waals surface area contributed by atoms with E-state index in [0.717, 1.165) is 37.6 Å². The molecule has 0 atom stereocenters. The lowest BCUT2D eigenvalue weighted by molar-refractivity contribution is 0.136. The lowest BCUT2D eigenvalue weighted by atomic mass is 10.0. The number of hydrogen-bond donors (Lipinski definition) is 1. The number of aromatic nitrogens is 1. The van der Waals surface area contributed by atoms with E-state index < -0.39 is 0 Å². The Balaban J connectivity index is 1.95. The summed E-state index contributed by atoms with van der Waals surface area (Å²) in [4.78, 5) is 2.40. The maximum Gasteiger partial charge on any atom is 0.150 e. The first kappa shape index (κ1) is 10.6. The smallest absolute Gasteiger partial charge is 0.150 e. The van der Waals surface area contributed by atoms with Crippen molar-refractivity contribution in [2.45, 2.75) is 32.9 Å². The topological polar surface area (TPSA) is 41.3 Å². The molecule has 0 saturated carbocycles. The van der Waals surface area contributed by atoms with Gasteiger partial charge in [0.25, 0.3) is 0 Å². The van der Waals surface area contributed by atoms with Gasteiger partial charge < -0.3 is 9.84 Å². The van der Waals surface area contributed by atoms with E-state index in [1.54, 1.807) is 0 Å². The lowest BCUT2D eigenvalue weighted by Gasteiger charge is -2.38. The predicted molar refractivity (Wildman–Crippen MR) is 58.6 cm³/mol. The zero-order chi connectivity index (χ0) is 10.9. The maximum absolute atomic E-state index is 5.22. The molecule has 4 heteroatoms. The molecule has 2 heterocycles. The average Bonchev–Trinajstić information content (AvgIpc) is 2.49. The van der Waals surface area contributed by atoms with Gasteiger partial charge in [0.15, 0.2) is 5.76 Å². The number of nitrogens with one attached hydrogen (secondary N) is 1. The van der Waals surface area contributed by atoms with Gasteiger partial charge in [-0.05, 0) is 20.8 Å². The minimum absolute atomic E-state index is 0.202. The Morgan fingerprint density at radius 1 is 1.60 bits per heavy atom. The average molecular weight is 209 g/mol. The van der Waals surface area contributed by atoms with E-state index >= 15 is 0 Å². The molecule has 1 aromatic heterocycles. The minimum atomic E-state index is 0.202. The Hall–Kier alpha value is -0.870. The zero-order valence-electron chi connectivity index (χ0n) is 9.71. The van der Waals surface area contributed by atoms with E-state index in [1.807, 2.05) is 13.0 Å². The summed E-state index contributed by atoms with van der Waals surface area (Å²) in [5.74, 6) is 0.963. The van der Waals surface area contributed by atoms with Gasteiger partial charge in [0, 0.05) is 31.2 Å². The first-order valence-corrected chi connectivity index (χ1v) is 5.45. The van der Waals surface area contributed by atoms with Gasteiger partial charge in [-0.1, -0.05) is 5.16 Å². The van der Waals surface area contributed by atoms with Crippen molar-refractivity contribution in [3.8, 4) is 0 Å². The SMILES string of the molecule is Cc1cc(CN2CCNC(C)(C)C2)on1. The third kappa shape index (κ3) is 2.79. The highest BCUT2D eigenvalue weighted by atomic mass is 16.5. The van der Waals surface area contributed by atoms with Crippen LogP contribution in [-0.2, 0) is 6.54 Å². The van der Waals surface area contributed by atoms with E-state index in [4.69, 9.17) is 4.52 Å². The van der Waals surface area contributed by atoms with E-state index in [0.29, 0.717) is 0 Å². The molecule has 0 spiro atoms. The summed E-state index contributed by atoms with van der Waals surface area (Å²) < 4.78 is 5.22. The highest BCUT2D eigenvalue weighted by Crippen LogP contribution is 2.13. The summed E-state index contributed by atoms with van der Waals surface area (Å²) in [5.41, 5.74) is 1.16. The van der Waals surface area contributed by atoms with Crippen LogP contribution in [-0.4, -0.2) is 35.2 Å². The van der Waals surface area contributed by atoms with Crippen molar-refractivity contribution < 1.29 is 4.52 Å². The Kier molecular flexibility index (Phi) is 2.80. The summed E-state index contributed by atoms with van der Waals surface area (Å²) >= 11 is 0. The highest BCUT2D eigenvalue weighted by molar-refractivity contribution is 5.03. The standard InChI is InChI=1S/C11H19N3O/c1-9-6-10(15-13-9)7-14-5-4-12-11(2,3)8-14/h6,12H,4-5,7-8H2,1-3H3. The fourth-order valence-corrected chi connectivity index (χ4v) is 2.09. The molecular weight excluding hydrogens is 190 g/mol. The van der Waals surface area contributed by atoms with E-state index in [2.05, 4.69) is 29.2 Å². The van der Waals surface area contributed by atoms with Crippen LogP contribution in [0.15, 0.2) is 10.6 Å². The molecule has 1 aromatic rings. The van der Waals surface area contributed by atoms with Gasteiger partial charge in [-0.3, -0.25) is 4.90 Å². The molecule has 1 aliphatic heterocycles. The van der Waals surface area contributed by atoms with Gasteiger partial charge in [-0.25, -0.2) is 0 Å². The van der Waals surface area contributed by atoms with Crippen molar-refractivity contribution in [3.63, 3.8) is 0 Å². The summed E-state index contributed by atoms with van der Waals surface area (Å²) in [6.45, 7) is 10.4. The highest BCUT2D eigenvalue weighted by Gasteiger charge is 2.26. The molecule has 0 aromatic carbocycles. The van der Waals surface area contributed by atoms with E-state index in [9.17, 15) is 0 Å². The van der Waals surface area contributed by atoms with Gasteiger partial charge in [0.1, 0.15) is 0 Å². The minimum Gasteiger partial charge on any atom is -0.360 e. The summed E-state index contributed by atoms with van der Waals surface area (Å²) in [5, 5.41) is 7.39. The monoisotopic (exact) mass is 209 g/mol. The first-order valence-electron chi connectivity index (χ1n) is 5.45. The first-order chi connectivity index (χ1) is 7.05. The summed E-state index contributed by atoms with van der Waals surface area (Å²) in [6, 6.07) is 2.01. The quantitative estimate of drug-likeness (QED) is 0.793. The third-order valence-corrected chi connectivity index (χ3v) is 2.71. The number of piperazine rings is 1. The van der Waals surface area contributed by atoms with Crippen LogP contribution in [0.4, 0.5) is 0 Å². The summed E-state index contributed by atoms with van der Waals surface area (Å²) in [7, 11) is 0. The normalized spacial score (nSPS) is 21.8. The van der Waals surface area contributed by atoms with Crippen LogP contribution in [0.25, 0.3) is 0 Å². The Labute approximate surface area is 90.6 Å². The second-order valence-electron chi connectivity index (χ2n) is 4.96. The number of hydrogen-bond acceptors (Lipinski definition) is 4. The molecule has 4 nitrogen and oxygen atoms in total. The fraction of sp³-hybridized carbons (Fsp3) is 0.727. The Morgan fingerprint density at radius 3 is 3.00 bits per heavy atom. The van der Waals surface area contributed by atoms with Gasteiger partial charge in [0.05, 0.1) is 12.2 Å². The van der Waals surface area contributed by atoms with Crippen LogP contribution >= 0.6 is 0 Å². The van der Waals surface area contributed by atoms with Crippen molar-refractivity contribution in [2.24, 2.45) is 0 Å². The van der Waals surface area contributed by atoms with Gasteiger partial charge >= 0.3 is 0 Å². The number of nitrogens with zero attached hydrogens (tertiary/aromatic N) is 2. The molecule has 0 amide bonds. The number of aryl methyl sites for hydroxylation is 1. The van der Waals surface area contributed by atoms with E-state index in [-0.39, 0.29) is 5.54 Å². The number of rotatable bonds is 2. The Bertz CT molecular complexity index is 332. The Morgan fingerprint density at radius 2 is 2.40 bits per heavy atom. The van der Waals surface area contributed by atoms with Crippen molar-refractivity contribution in [1.82, 2.24) is 15.4 Å². The molecule has 1 N–H and O–H groups in total. The van der Waals surface area contributed by atoms with Crippen molar-refractivity contribution in [3.05, 3.63) is 17.5 Å². The van der Waals surface area contributed by atoms with Crippen LogP contribution in [0.1, 0.15) is 25.3 Å². The molecular formula is C11H19N3O. The molecule has 0 aliphatic carbocycles. The molecule has 0 unspecified atom stereocenters. The molecule has 2 rings (SSSR count). The van der Waals surface area contributed by atoms with Crippen LogP contribution in [0, 0.1) is 6.92 Å². The third-order valence-electron chi connectivity index (χ3n) is 2.71. The van der Waals surface area contributed by atoms with Gasteiger partial charge in [-0.2, -0.15) is 0 Å². The second kappa shape index (κ2) is 3.94. The van der Waals surface area contributed by atoms with Gasteiger partial charge in [-0.15, -0.1) is 0 Å². The molecule has 15 heavy (non-hydrogen) atoms. The molecule has 1 saturated heterocycles. The molecule has 0 bridgehead atoms. The van der Waals surface area contributed by atoms with E-state index in [1.165, 1.54) is 0 Å². The van der Waals surface area contributed by atoms with Crippen LogP contribution in [0.5, 0.6) is 0 Å². The van der Waals surface area contributed by atoms with Crippen molar-refractivity contribution >= 4 is 0 Å². The lowest BCUT2D eigenvalue weighted by Crippen LogP contribution is -2.56. The fourth-order valence-electron chi connectivity index (χ4n) is 2.09. The predicted octanol–water partition coefficient (Wildman–Crippen LogP) is 1.17. The van der Waals surface area contributed by atoms with Crippen molar-refractivity contribution in [1.29, 1.82) is 0 Å². The van der Waals surface area contributed by atoms with Crippen LogP contribution in [0.3, 0.4) is 0 Å². The van der Waals surface area contributed by atoms with Crippen molar-refractivity contribution in [2.75, 3.05) is 19.6 Å². The molecule has 1 fully saturated rings. The zero-order valence-corrected chi connectivity index (χ0v) is 9.71. The molecule has 1 aliphatic rings. The summed E-state index contributed by atoms with van der Waals surface area (Å²) in [6.07, 6.45) is 0. The molecule has 84 valence electrons. The largest absolute Gasteiger partial charge is 0.360 e. The van der Waals surface area contributed by atoms with Crippen LogP contribution < -0.4 is 5.32 Å².